The number of rotatable bonds is 4. The van der Waals surface area contributed by atoms with Gasteiger partial charge < -0.3 is 5.32 Å². The molecule has 2 N–H and O–H groups in total. The predicted molar refractivity (Wildman–Crippen MR) is 98.3 cm³/mol. The standard InChI is InChI=1S/C17H15N7O3/c1-10-6-7-12(24(26)27)9-14(10)21-17(25)23-16-20-11(2)19-15(22-16)13-5-3-4-8-18-13/h3-9H,1-2H3,(H2,19,20,21,22,23,25). The van der Waals surface area contributed by atoms with Crippen molar-refractivity contribution in [3.63, 3.8) is 0 Å². The van der Waals surface area contributed by atoms with Crippen LogP contribution in [0.5, 0.6) is 0 Å². The summed E-state index contributed by atoms with van der Waals surface area (Å²) < 4.78 is 0. The second-order valence-electron chi connectivity index (χ2n) is 5.58. The molecule has 0 atom stereocenters. The molecule has 136 valence electrons. The molecule has 0 saturated heterocycles. The molecule has 10 nitrogen and oxygen atoms in total. The summed E-state index contributed by atoms with van der Waals surface area (Å²) >= 11 is 0. The number of amides is 2. The summed E-state index contributed by atoms with van der Waals surface area (Å²) in [4.78, 5) is 39.3. The molecule has 2 aromatic heterocycles. The molecule has 0 spiro atoms. The van der Waals surface area contributed by atoms with Crippen molar-refractivity contribution in [1.82, 2.24) is 19.9 Å². The van der Waals surface area contributed by atoms with Crippen LogP contribution in [0.3, 0.4) is 0 Å². The number of nitro benzene ring substituents is 1. The highest BCUT2D eigenvalue weighted by Crippen LogP contribution is 2.22. The van der Waals surface area contributed by atoms with Crippen molar-refractivity contribution in [1.29, 1.82) is 0 Å². The van der Waals surface area contributed by atoms with Gasteiger partial charge in [-0.2, -0.15) is 9.97 Å². The van der Waals surface area contributed by atoms with Crippen molar-refractivity contribution < 1.29 is 9.72 Å². The lowest BCUT2D eigenvalue weighted by atomic mass is 10.2. The highest BCUT2D eigenvalue weighted by atomic mass is 16.6. The smallest absolute Gasteiger partial charge is 0.307 e. The summed E-state index contributed by atoms with van der Waals surface area (Å²) in [5.41, 5.74) is 1.42. The van der Waals surface area contributed by atoms with E-state index in [9.17, 15) is 14.9 Å². The quantitative estimate of drug-likeness (QED) is 0.535. The fourth-order valence-electron chi connectivity index (χ4n) is 2.26. The molecule has 3 aromatic rings. The molecular formula is C17H15N7O3. The highest BCUT2D eigenvalue weighted by molar-refractivity contribution is 5.99. The Labute approximate surface area is 153 Å². The zero-order valence-electron chi connectivity index (χ0n) is 14.5. The molecule has 1 aromatic carbocycles. The molecule has 2 amide bonds. The van der Waals surface area contributed by atoms with Gasteiger partial charge in [-0.05, 0) is 31.5 Å². The van der Waals surface area contributed by atoms with E-state index in [2.05, 4.69) is 30.6 Å². The lowest BCUT2D eigenvalue weighted by Gasteiger charge is -2.10. The Bertz CT molecular complexity index is 1010. The highest BCUT2D eigenvalue weighted by Gasteiger charge is 2.13. The maximum atomic E-state index is 12.3. The minimum atomic E-state index is -0.629. The summed E-state index contributed by atoms with van der Waals surface area (Å²) in [6, 6.07) is 8.89. The van der Waals surface area contributed by atoms with Crippen LogP contribution in [-0.2, 0) is 0 Å². The van der Waals surface area contributed by atoms with Crippen LogP contribution in [0.25, 0.3) is 11.5 Å². The number of hydrogen-bond donors (Lipinski definition) is 2. The molecule has 27 heavy (non-hydrogen) atoms. The third-order valence-electron chi connectivity index (χ3n) is 3.55. The zero-order valence-corrected chi connectivity index (χ0v) is 14.5. The Hall–Kier alpha value is -3.95. The van der Waals surface area contributed by atoms with Crippen LogP contribution in [0.2, 0.25) is 0 Å². The van der Waals surface area contributed by atoms with Gasteiger partial charge in [0.15, 0.2) is 5.82 Å². The van der Waals surface area contributed by atoms with Crippen LogP contribution in [0.1, 0.15) is 11.4 Å². The largest absolute Gasteiger partial charge is 0.326 e. The molecule has 10 heteroatoms. The lowest BCUT2D eigenvalue weighted by Crippen LogP contribution is -2.22. The fourth-order valence-corrected chi connectivity index (χ4v) is 2.26. The van der Waals surface area contributed by atoms with E-state index < -0.39 is 11.0 Å². The van der Waals surface area contributed by atoms with Gasteiger partial charge in [-0.1, -0.05) is 12.1 Å². The van der Waals surface area contributed by atoms with Gasteiger partial charge in [-0.25, -0.2) is 9.78 Å². The third kappa shape index (κ3) is 4.37. The number of nitrogens with one attached hydrogen (secondary N) is 2. The molecule has 3 rings (SSSR count). The predicted octanol–water partition coefficient (Wildman–Crippen LogP) is 3.10. The number of urea groups is 1. The van der Waals surface area contributed by atoms with Gasteiger partial charge in [0, 0.05) is 18.3 Å². The van der Waals surface area contributed by atoms with Gasteiger partial charge in [0.2, 0.25) is 5.95 Å². The van der Waals surface area contributed by atoms with Crippen molar-refractivity contribution in [2.75, 3.05) is 10.6 Å². The van der Waals surface area contributed by atoms with E-state index in [4.69, 9.17) is 0 Å². The van der Waals surface area contributed by atoms with E-state index in [0.717, 1.165) is 0 Å². The van der Waals surface area contributed by atoms with Crippen LogP contribution in [0, 0.1) is 24.0 Å². The van der Waals surface area contributed by atoms with Crippen LogP contribution in [0.15, 0.2) is 42.6 Å². The molecule has 0 fully saturated rings. The maximum absolute atomic E-state index is 12.3. The van der Waals surface area contributed by atoms with Crippen molar-refractivity contribution in [3.05, 3.63) is 64.1 Å². The van der Waals surface area contributed by atoms with Gasteiger partial charge >= 0.3 is 6.03 Å². The average Bonchev–Trinajstić information content (AvgIpc) is 2.63. The van der Waals surface area contributed by atoms with Gasteiger partial charge in [-0.15, -0.1) is 0 Å². The second-order valence-corrected chi connectivity index (χ2v) is 5.58. The summed E-state index contributed by atoms with van der Waals surface area (Å²) in [6.45, 7) is 3.40. The molecule has 0 aliphatic heterocycles. The SMILES string of the molecule is Cc1nc(NC(=O)Nc2cc([N+](=O)[O-])ccc2C)nc(-c2ccccn2)n1. The van der Waals surface area contributed by atoms with E-state index in [1.807, 2.05) is 0 Å². The van der Waals surface area contributed by atoms with Gasteiger partial charge in [0.05, 0.1) is 10.6 Å². The monoisotopic (exact) mass is 365 g/mol. The van der Waals surface area contributed by atoms with E-state index in [0.29, 0.717) is 28.6 Å². The van der Waals surface area contributed by atoms with Gasteiger partial charge in [0.1, 0.15) is 11.5 Å². The first kappa shape index (κ1) is 17.9. The maximum Gasteiger partial charge on any atom is 0.326 e. The van der Waals surface area contributed by atoms with Crippen molar-refractivity contribution >= 4 is 23.4 Å². The minimum Gasteiger partial charge on any atom is -0.307 e. The summed E-state index contributed by atoms with van der Waals surface area (Å²) in [6.07, 6.45) is 1.61. The normalized spacial score (nSPS) is 10.3. The van der Waals surface area contributed by atoms with Crippen molar-refractivity contribution in [2.45, 2.75) is 13.8 Å². The Kier molecular flexibility index (Phi) is 4.97. The van der Waals surface area contributed by atoms with Crippen LogP contribution >= 0.6 is 0 Å². The molecule has 0 radical (unpaired) electrons. The number of nitro groups is 1. The van der Waals surface area contributed by atoms with Gasteiger partial charge in [-0.3, -0.25) is 20.4 Å². The number of non-ortho nitro benzene ring substituents is 1. The topological polar surface area (TPSA) is 136 Å². The average molecular weight is 365 g/mol. The number of pyridine rings is 1. The van der Waals surface area contributed by atoms with Crippen molar-refractivity contribution in [3.8, 4) is 11.5 Å². The molecule has 2 heterocycles. The molecular weight excluding hydrogens is 350 g/mol. The lowest BCUT2D eigenvalue weighted by molar-refractivity contribution is -0.384. The van der Waals surface area contributed by atoms with Crippen LogP contribution < -0.4 is 10.6 Å². The number of hydrogen-bond acceptors (Lipinski definition) is 7. The Balaban J connectivity index is 1.80. The summed E-state index contributed by atoms with van der Waals surface area (Å²) in [7, 11) is 0. The number of nitrogens with zero attached hydrogens (tertiary/aromatic N) is 5. The number of anilines is 2. The Morgan fingerprint density at radius 3 is 2.59 bits per heavy atom. The third-order valence-corrected chi connectivity index (χ3v) is 3.55. The first-order chi connectivity index (χ1) is 12.9. The number of aryl methyl sites for hydroxylation is 2. The van der Waals surface area contributed by atoms with E-state index in [-0.39, 0.29) is 11.6 Å². The van der Waals surface area contributed by atoms with Crippen LogP contribution in [-0.4, -0.2) is 30.9 Å². The Morgan fingerprint density at radius 2 is 1.89 bits per heavy atom. The number of carbonyl (C=O) groups is 1. The minimum absolute atomic E-state index is 0.0451. The second kappa shape index (κ2) is 7.52. The Morgan fingerprint density at radius 1 is 1.07 bits per heavy atom. The van der Waals surface area contributed by atoms with Crippen LogP contribution in [0.4, 0.5) is 22.1 Å². The van der Waals surface area contributed by atoms with E-state index in [1.54, 1.807) is 44.3 Å². The number of benzene rings is 1. The van der Waals surface area contributed by atoms with Gasteiger partial charge in [0.25, 0.3) is 5.69 Å². The molecule has 0 unspecified atom stereocenters. The molecule has 0 aliphatic carbocycles. The number of carbonyl (C=O) groups excluding carboxylic acids is 1. The van der Waals surface area contributed by atoms with E-state index in [1.165, 1.54) is 12.1 Å². The first-order valence-corrected chi connectivity index (χ1v) is 7.89. The van der Waals surface area contributed by atoms with Crippen molar-refractivity contribution in [2.24, 2.45) is 0 Å². The fraction of sp³-hybridized carbons (Fsp3) is 0.118. The summed E-state index contributed by atoms with van der Waals surface area (Å²) in [5, 5.41) is 16.0. The first-order valence-electron chi connectivity index (χ1n) is 7.89. The van der Waals surface area contributed by atoms with E-state index >= 15 is 0 Å². The molecule has 0 saturated carbocycles. The molecule has 0 aliphatic rings. The molecule has 0 bridgehead atoms. The number of aromatic nitrogens is 4. The summed E-state index contributed by atoms with van der Waals surface area (Å²) in [5.74, 6) is 0.779. The zero-order chi connectivity index (χ0) is 19.4.